The molecule has 0 aliphatic carbocycles. The lowest BCUT2D eigenvalue weighted by atomic mass is 9.95. The lowest BCUT2D eigenvalue weighted by Crippen LogP contribution is -2.29. The van der Waals surface area contributed by atoms with E-state index in [1.54, 1.807) is 11.8 Å². The number of hydrogen-bond acceptors (Lipinski definition) is 5. The van der Waals surface area contributed by atoms with Crippen LogP contribution in [0.4, 0.5) is 5.69 Å². The largest absolute Gasteiger partial charge is 0.384 e. The molecule has 3 heterocycles. The first-order valence-electron chi connectivity index (χ1n) is 10.2. The van der Waals surface area contributed by atoms with Crippen molar-refractivity contribution >= 4 is 28.4 Å². The van der Waals surface area contributed by atoms with Gasteiger partial charge in [-0.25, -0.2) is 4.98 Å². The maximum atomic E-state index is 4.89. The summed E-state index contributed by atoms with van der Waals surface area (Å²) in [5, 5.41) is 8.38. The Kier molecular flexibility index (Phi) is 6.45. The quantitative estimate of drug-likeness (QED) is 0.427. The van der Waals surface area contributed by atoms with Gasteiger partial charge in [-0.15, -0.1) is 11.8 Å². The van der Waals surface area contributed by atoms with Crippen LogP contribution in [0.25, 0.3) is 22.2 Å². The van der Waals surface area contributed by atoms with E-state index in [4.69, 9.17) is 4.98 Å². The average Bonchev–Trinajstić information content (AvgIpc) is 2.77. The lowest BCUT2D eigenvalue weighted by molar-refractivity contribution is 0.353. The molecule has 0 saturated carbocycles. The number of nitrogens with one attached hydrogen (secondary N) is 2. The molecule has 1 aromatic carbocycles. The number of hydrogen-bond donors (Lipinski definition) is 2. The van der Waals surface area contributed by atoms with Gasteiger partial charge in [-0.2, -0.15) is 0 Å². The third-order valence-electron chi connectivity index (χ3n) is 5.46. The predicted octanol–water partition coefficient (Wildman–Crippen LogP) is 5.21. The Bertz CT molecular complexity index is 921. The molecule has 2 aromatic heterocycles. The Morgan fingerprint density at radius 1 is 1.21 bits per heavy atom. The van der Waals surface area contributed by atoms with E-state index in [0.717, 1.165) is 39.8 Å². The molecule has 4 nitrogen and oxygen atoms in total. The second-order valence-corrected chi connectivity index (χ2v) is 8.35. The molecule has 4 rings (SSSR count). The molecule has 1 aliphatic rings. The van der Waals surface area contributed by atoms with Crippen molar-refractivity contribution in [2.24, 2.45) is 5.92 Å². The van der Waals surface area contributed by atoms with Crippen molar-refractivity contribution in [3.05, 3.63) is 48.8 Å². The van der Waals surface area contributed by atoms with E-state index in [1.807, 2.05) is 12.4 Å². The Morgan fingerprint density at radius 2 is 2.14 bits per heavy atom. The number of rotatable bonds is 7. The second kappa shape index (κ2) is 9.39. The number of para-hydroxylation sites is 1. The fourth-order valence-electron chi connectivity index (χ4n) is 3.92. The third-order valence-corrected chi connectivity index (χ3v) is 6.16. The Morgan fingerprint density at radius 3 is 3.00 bits per heavy atom. The molecule has 1 aliphatic heterocycles. The standard InChI is InChI=1S/C23H28N4S/c1-28-19-12-18(15-25-16-19)22-13-23(20-8-2-3-9-21(20)27-22)26-11-5-7-17-6-4-10-24-14-17/h2-3,8-9,12-13,15-17,24H,4-7,10-11,14H2,1H3,(H,26,27). The number of benzene rings is 1. The Hall–Kier alpha value is -2.11. The van der Waals surface area contributed by atoms with Crippen molar-refractivity contribution in [1.29, 1.82) is 0 Å². The summed E-state index contributed by atoms with van der Waals surface area (Å²) >= 11 is 1.70. The van der Waals surface area contributed by atoms with Crippen LogP contribution >= 0.6 is 11.8 Å². The molecule has 0 spiro atoms. The van der Waals surface area contributed by atoms with E-state index in [0.29, 0.717) is 0 Å². The normalized spacial score (nSPS) is 17.0. The highest BCUT2D eigenvalue weighted by atomic mass is 32.2. The van der Waals surface area contributed by atoms with Gasteiger partial charge >= 0.3 is 0 Å². The van der Waals surface area contributed by atoms with Gasteiger partial charge in [-0.05, 0) is 69.1 Å². The fraction of sp³-hybridized carbons (Fsp3) is 0.391. The third kappa shape index (κ3) is 4.65. The molecule has 146 valence electrons. The molecule has 0 radical (unpaired) electrons. The molecule has 28 heavy (non-hydrogen) atoms. The predicted molar refractivity (Wildman–Crippen MR) is 120 cm³/mol. The van der Waals surface area contributed by atoms with Crippen LogP contribution in [0.5, 0.6) is 0 Å². The van der Waals surface area contributed by atoms with Gasteiger partial charge in [0.2, 0.25) is 0 Å². The van der Waals surface area contributed by atoms with Crippen molar-refractivity contribution in [2.75, 3.05) is 31.2 Å². The molecule has 1 fully saturated rings. The number of anilines is 1. The van der Waals surface area contributed by atoms with E-state index >= 15 is 0 Å². The highest BCUT2D eigenvalue weighted by Gasteiger charge is 2.12. The number of aromatic nitrogens is 2. The molecule has 5 heteroatoms. The first-order chi connectivity index (χ1) is 13.8. The molecule has 0 bridgehead atoms. The first kappa shape index (κ1) is 19.2. The summed E-state index contributed by atoms with van der Waals surface area (Å²) in [6, 6.07) is 12.7. The zero-order valence-corrected chi connectivity index (χ0v) is 17.3. The average molecular weight is 393 g/mol. The van der Waals surface area contributed by atoms with Crippen molar-refractivity contribution in [1.82, 2.24) is 15.3 Å². The van der Waals surface area contributed by atoms with Gasteiger partial charge in [0.15, 0.2) is 0 Å². The number of fused-ring (bicyclic) bond motifs is 1. The van der Waals surface area contributed by atoms with Crippen LogP contribution in [0, 0.1) is 5.92 Å². The Balaban J connectivity index is 1.52. The van der Waals surface area contributed by atoms with Gasteiger partial charge in [0.1, 0.15) is 0 Å². The highest BCUT2D eigenvalue weighted by molar-refractivity contribution is 7.98. The summed E-state index contributed by atoms with van der Waals surface area (Å²) in [7, 11) is 0. The van der Waals surface area contributed by atoms with E-state index < -0.39 is 0 Å². The SMILES string of the molecule is CSc1cncc(-c2cc(NCCCC3CCCNC3)c3ccccc3n2)c1. The van der Waals surface area contributed by atoms with Crippen LogP contribution in [0.3, 0.4) is 0 Å². The summed E-state index contributed by atoms with van der Waals surface area (Å²) in [5.74, 6) is 0.834. The number of thioether (sulfide) groups is 1. The van der Waals surface area contributed by atoms with Gasteiger partial charge in [-0.1, -0.05) is 18.2 Å². The van der Waals surface area contributed by atoms with Crippen molar-refractivity contribution < 1.29 is 0 Å². The number of piperidine rings is 1. The van der Waals surface area contributed by atoms with E-state index in [-0.39, 0.29) is 0 Å². The molecular formula is C23H28N4S. The minimum absolute atomic E-state index is 0.834. The summed E-state index contributed by atoms with van der Waals surface area (Å²) in [4.78, 5) is 10.4. The van der Waals surface area contributed by atoms with Crippen LogP contribution < -0.4 is 10.6 Å². The maximum Gasteiger partial charge on any atom is 0.0746 e. The molecule has 0 amide bonds. The van der Waals surface area contributed by atoms with Gasteiger partial charge in [0, 0.05) is 40.5 Å². The van der Waals surface area contributed by atoms with Crippen LogP contribution in [0.15, 0.2) is 53.7 Å². The maximum absolute atomic E-state index is 4.89. The first-order valence-corrected chi connectivity index (χ1v) is 11.4. The number of nitrogens with zero attached hydrogens (tertiary/aromatic N) is 2. The van der Waals surface area contributed by atoms with Crippen molar-refractivity contribution in [3.8, 4) is 11.3 Å². The molecule has 2 N–H and O–H groups in total. The monoisotopic (exact) mass is 392 g/mol. The molecule has 1 atom stereocenters. The second-order valence-electron chi connectivity index (χ2n) is 7.47. The molecule has 1 saturated heterocycles. The van der Waals surface area contributed by atoms with Crippen LogP contribution in [-0.4, -0.2) is 35.9 Å². The molecular weight excluding hydrogens is 364 g/mol. The van der Waals surface area contributed by atoms with Crippen LogP contribution in [0.2, 0.25) is 0 Å². The zero-order chi connectivity index (χ0) is 19.2. The Labute approximate surface area is 171 Å². The number of pyridine rings is 2. The smallest absolute Gasteiger partial charge is 0.0746 e. The van der Waals surface area contributed by atoms with Gasteiger partial charge in [0.25, 0.3) is 0 Å². The molecule has 1 unspecified atom stereocenters. The minimum atomic E-state index is 0.834. The van der Waals surface area contributed by atoms with Gasteiger partial charge < -0.3 is 10.6 Å². The summed E-state index contributed by atoms with van der Waals surface area (Å²) in [6.07, 6.45) is 11.0. The minimum Gasteiger partial charge on any atom is -0.384 e. The van der Waals surface area contributed by atoms with Crippen molar-refractivity contribution in [2.45, 2.75) is 30.6 Å². The van der Waals surface area contributed by atoms with Crippen molar-refractivity contribution in [3.63, 3.8) is 0 Å². The zero-order valence-electron chi connectivity index (χ0n) is 16.4. The lowest BCUT2D eigenvalue weighted by Gasteiger charge is -2.22. The van der Waals surface area contributed by atoms with Gasteiger partial charge in [-0.3, -0.25) is 4.98 Å². The van der Waals surface area contributed by atoms with E-state index in [1.165, 1.54) is 44.2 Å². The van der Waals surface area contributed by atoms with E-state index in [9.17, 15) is 0 Å². The summed E-state index contributed by atoms with van der Waals surface area (Å²) in [5.41, 5.74) is 4.22. The van der Waals surface area contributed by atoms with Gasteiger partial charge in [0.05, 0.1) is 11.2 Å². The fourth-order valence-corrected chi connectivity index (χ4v) is 4.34. The summed E-state index contributed by atoms with van der Waals surface area (Å²) < 4.78 is 0. The topological polar surface area (TPSA) is 49.8 Å². The highest BCUT2D eigenvalue weighted by Crippen LogP contribution is 2.29. The van der Waals surface area contributed by atoms with Crippen LogP contribution in [-0.2, 0) is 0 Å². The summed E-state index contributed by atoms with van der Waals surface area (Å²) in [6.45, 7) is 3.36. The van der Waals surface area contributed by atoms with Crippen LogP contribution in [0.1, 0.15) is 25.7 Å². The van der Waals surface area contributed by atoms with E-state index in [2.05, 4.69) is 58.3 Å². The molecule has 3 aromatic rings.